The SMILES string of the molecule is C#Cc1cncc(C(CC#N)N2CC(c3ncnc4[nH]ccc34)C=N2)c1. The number of rotatable bonds is 4. The molecule has 0 fully saturated rings. The first kappa shape index (κ1) is 15.8. The van der Waals surface area contributed by atoms with E-state index in [-0.39, 0.29) is 12.0 Å². The summed E-state index contributed by atoms with van der Waals surface area (Å²) in [6.45, 7) is 0.629. The zero-order valence-electron chi connectivity index (χ0n) is 13.9. The van der Waals surface area contributed by atoms with E-state index < -0.39 is 0 Å². The van der Waals surface area contributed by atoms with Gasteiger partial charge in [0, 0.05) is 35.8 Å². The van der Waals surface area contributed by atoms with Crippen LogP contribution in [0.2, 0.25) is 0 Å². The number of hydrogen-bond acceptors (Lipinski definition) is 6. The van der Waals surface area contributed by atoms with E-state index >= 15 is 0 Å². The molecule has 7 heteroatoms. The number of hydrazone groups is 1. The first-order valence-electron chi connectivity index (χ1n) is 8.17. The predicted molar refractivity (Wildman–Crippen MR) is 97.0 cm³/mol. The van der Waals surface area contributed by atoms with Crippen molar-refractivity contribution in [1.29, 1.82) is 5.26 Å². The lowest BCUT2D eigenvalue weighted by Crippen LogP contribution is -2.24. The molecule has 1 N–H and O–H groups in total. The predicted octanol–water partition coefficient (Wildman–Crippen LogP) is 2.37. The fourth-order valence-electron chi connectivity index (χ4n) is 3.22. The van der Waals surface area contributed by atoms with E-state index in [9.17, 15) is 5.26 Å². The number of nitriles is 1. The van der Waals surface area contributed by atoms with Crippen molar-refractivity contribution < 1.29 is 0 Å². The fourth-order valence-corrected chi connectivity index (χ4v) is 3.22. The Balaban J connectivity index is 1.62. The van der Waals surface area contributed by atoms with Crippen LogP contribution in [-0.4, -0.2) is 37.7 Å². The molecule has 0 saturated carbocycles. The average Bonchev–Trinajstić information content (AvgIpc) is 3.35. The molecule has 26 heavy (non-hydrogen) atoms. The van der Waals surface area contributed by atoms with E-state index in [0.717, 1.165) is 22.3 Å². The molecule has 2 unspecified atom stereocenters. The van der Waals surface area contributed by atoms with Crippen molar-refractivity contribution in [2.24, 2.45) is 5.10 Å². The molecule has 3 aromatic rings. The Kier molecular flexibility index (Phi) is 4.04. The van der Waals surface area contributed by atoms with Crippen molar-refractivity contribution in [2.75, 3.05) is 6.54 Å². The minimum Gasteiger partial charge on any atom is -0.346 e. The molecular weight excluding hydrogens is 326 g/mol. The molecule has 4 rings (SSSR count). The monoisotopic (exact) mass is 341 g/mol. The molecule has 0 spiro atoms. The molecule has 0 bridgehead atoms. The summed E-state index contributed by atoms with van der Waals surface area (Å²) in [7, 11) is 0. The van der Waals surface area contributed by atoms with Crippen molar-refractivity contribution in [3.8, 4) is 18.4 Å². The van der Waals surface area contributed by atoms with Crippen LogP contribution in [0, 0.1) is 23.7 Å². The van der Waals surface area contributed by atoms with Crippen molar-refractivity contribution in [3.63, 3.8) is 0 Å². The topological polar surface area (TPSA) is 93.9 Å². The maximum Gasteiger partial charge on any atom is 0.140 e. The highest BCUT2D eigenvalue weighted by molar-refractivity contribution is 5.83. The number of hydrogen-bond donors (Lipinski definition) is 1. The lowest BCUT2D eigenvalue weighted by atomic mass is 10.0. The molecule has 0 radical (unpaired) electrons. The minimum atomic E-state index is -0.203. The molecule has 2 atom stereocenters. The third-order valence-corrected chi connectivity index (χ3v) is 4.47. The number of terminal acetylenes is 1. The van der Waals surface area contributed by atoms with Gasteiger partial charge in [0.15, 0.2) is 0 Å². The molecule has 4 heterocycles. The van der Waals surface area contributed by atoms with Gasteiger partial charge < -0.3 is 4.98 Å². The highest BCUT2D eigenvalue weighted by atomic mass is 15.5. The van der Waals surface area contributed by atoms with Crippen LogP contribution in [0.3, 0.4) is 0 Å². The van der Waals surface area contributed by atoms with Crippen LogP contribution in [-0.2, 0) is 0 Å². The lowest BCUT2D eigenvalue weighted by molar-refractivity contribution is 0.225. The summed E-state index contributed by atoms with van der Waals surface area (Å²) in [6.07, 6.45) is 14.4. The smallest absolute Gasteiger partial charge is 0.140 e. The van der Waals surface area contributed by atoms with Crippen LogP contribution < -0.4 is 0 Å². The normalized spacial score (nSPS) is 17.2. The number of fused-ring (bicyclic) bond motifs is 1. The summed E-state index contributed by atoms with van der Waals surface area (Å²) >= 11 is 0. The molecule has 0 aromatic carbocycles. The summed E-state index contributed by atoms with van der Waals surface area (Å²) in [4.78, 5) is 16.0. The van der Waals surface area contributed by atoms with E-state index in [1.165, 1.54) is 0 Å². The summed E-state index contributed by atoms with van der Waals surface area (Å²) in [5.74, 6) is 2.61. The Morgan fingerprint density at radius 1 is 1.38 bits per heavy atom. The largest absolute Gasteiger partial charge is 0.346 e. The van der Waals surface area contributed by atoms with Crippen LogP contribution >= 0.6 is 0 Å². The van der Waals surface area contributed by atoms with Crippen LogP contribution in [0.25, 0.3) is 11.0 Å². The minimum absolute atomic E-state index is 0.0290. The molecule has 0 saturated heterocycles. The van der Waals surface area contributed by atoms with Gasteiger partial charge in [-0.1, -0.05) is 5.92 Å². The van der Waals surface area contributed by atoms with Gasteiger partial charge in [-0.25, -0.2) is 9.97 Å². The van der Waals surface area contributed by atoms with Gasteiger partial charge in [-0.05, 0) is 17.7 Å². The lowest BCUT2D eigenvalue weighted by Gasteiger charge is -2.25. The van der Waals surface area contributed by atoms with Crippen LogP contribution in [0.1, 0.15) is 35.2 Å². The maximum atomic E-state index is 9.27. The number of aromatic amines is 1. The van der Waals surface area contributed by atoms with Gasteiger partial charge in [0.25, 0.3) is 0 Å². The second-order valence-electron chi connectivity index (χ2n) is 6.02. The van der Waals surface area contributed by atoms with E-state index in [0.29, 0.717) is 18.5 Å². The number of nitrogens with one attached hydrogen (secondary N) is 1. The van der Waals surface area contributed by atoms with Crippen LogP contribution in [0.15, 0.2) is 42.2 Å². The van der Waals surface area contributed by atoms with E-state index in [1.807, 2.05) is 29.6 Å². The van der Waals surface area contributed by atoms with Gasteiger partial charge in [0.2, 0.25) is 0 Å². The Morgan fingerprint density at radius 3 is 3.15 bits per heavy atom. The molecule has 1 aliphatic heterocycles. The van der Waals surface area contributed by atoms with E-state index in [2.05, 4.69) is 37.0 Å². The average molecular weight is 341 g/mol. The first-order valence-corrected chi connectivity index (χ1v) is 8.17. The Morgan fingerprint density at radius 2 is 2.31 bits per heavy atom. The second kappa shape index (κ2) is 6.66. The maximum absolute atomic E-state index is 9.27. The van der Waals surface area contributed by atoms with Crippen molar-refractivity contribution >= 4 is 17.2 Å². The van der Waals surface area contributed by atoms with Crippen LogP contribution in [0.5, 0.6) is 0 Å². The molecule has 126 valence electrons. The highest BCUT2D eigenvalue weighted by Crippen LogP contribution is 2.32. The van der Waals surface area contributed by atoms with E-state index in [4.69, 9.17) is 6.42 Å². The van der Waals surface area contributed by atoms with Crippen molar-refractivity contribution in [2.45, 2.75) is 18.4 Å². The van der Waals surface area contributed by atoms with Crippen molar-refractivity contribution in [1.82, 2.24) is 24.9 Å². The zero-order chi connectivity index (χ0) is 17.9. The van der Waals surface area contributed by atoms with Gasteiger partial charge in [-0.3, -0.25) is 9.99 Å². The Bertz CT molecular complexity index is 1050. The van der Waals surface area contributed by atoms with Gasteiger partial charge in [0.1, 0.15) is 12.0 Å². The standard InChI is InChI=1S/C19H15N7/c1-2-13-7-14(9-21-8-13)17(3-5-20)26-11-15(10-25-26)18-16-4-6-22-19(16)24-12-23-18/h1,4,6-10,12,15,17H,3,11H2,(H,22,23,24). The summed E-state index contributed by atoms with van der Waals surface area (Å²) < 4.78 is 0. The molecule has 1 aliphatic rings. The third-order valence-electron chi connectivity index (χ3n) is 4.47. The van der Waals surface area contributed by atoms with Gasteiger partial charge >= 0.3 is 0 Å². The molecule has 0 aliphatic carbocycles. The van der Waals surface area contributed by atoms with Gasteiger partial charge in [-0.15, -0.1) is 6.42 Å². The van der Waals surface area contributed by atoms with Crippen molar-refractivity contribution in [3.05, 3.63) is 53.9 Å². The number of nitrogens with zero attached hydrogens (tertiary/aromatic N) is 6. The third kappa shape index (κ3) is 2.76. The first-order chi connectivity index (χ1) is 12.8. The number of H-pyrrole nitrogens is 1. The summed E-state index contributed by atoms with van der Waals surface area (Å²) in [6, 6.07) is 5.88. The quantitative estimate of drug-likeness (QED) is 0.735. The Labute approximate surface area is 150 Å². The van der Waals surface area contributed by atoms with Gasteiger partial charge in [-0.2, -0.15) is 10.4 Å². The summed E-state index contributed by atoms with van der Waals surface area (Å²) in [5, 5.41) is 16.7. The molecule has 0 amide bonds. The molecule has 7 nitrogen and oxygen atoms in total. The second-order valence-corrected chi connectivity index (χ2v) is 6.02. The summed E-state index contributed by atoms with van der Waals surface area (Å²) in [5.41, 5.74) is 3.30. The molecule has 3 aromatic heterocycles. The highest BCUT2D eigenvalue weighted by Gasteiger charge is 2.29. The molecular formula is C19H15N7. The fraction of sp³-hybridized carbons (Fsp3) is 0.211. The van der Waals surface area contributed by atoms with Gasteiger partial charge in [0.05, 0.1) is 36.7 Å². The zero-order valence-corrected chi connectivity index (χ0v) is 13.9. The van der Waals surface area contributed by atoms with Crippen LogP contribution in [0.4, 0.5) is 0 Å². The Hall–Kier alpha value is -3.71. The number of pyridine rings is 1. The number of aromatic nitrogens is 4. The van der Waals surface area contributed by atoms with E-state index in [1.54, 1.807) is 18.7 Å².